The molecule has 64 valence electrons. The van der Waals surface area contributed by atoms with E-state index in [1.807, 2.05) is 0 Å². The van der Waals surface area contributed by atoms with Gasteiger partial charge in [0.2, 0.25) is 0 Å². The van der Waals surface area contributed by atoms with E-state index < -0.39 is 12.0 Å². The van der Waals surface area contributed by atoms with E-state index in [0.717, 1.165) is 7.11 Å². The summed E-state index contributed by atoms with van der Waals surface area (Å²) in [5.74, 6) is -0.987. The molecule has 0 heterocycles. The highest BCUT2D eigenvalue weighted by Gasteiger charge is 2.16. The fourth-order valence-corrected chi connectivity index (χ4v) is 0.811. The number of ether oxygens (including phenoxy) is 1. The van der Waals surface area contributed by atoms with Gasteiger partial charge in [0.1, 0.15) is 0 Å². The zero-order valence-corrected chi connectivity index (χ0v) is 6.65. The van der Waals surface area contributed by atoms with Crippen LogP contribution < -0.4 is 0 Å². The third-order valence-corrected chi connectivity index (χ3v) is 1.43. The Morgan fingerprint density at radius 1 is 1.58 bits per heavy atom. The van der Waals surface area contributed by atoms with Gasteiger partial charge in [0.25, 0.3) is 0 Å². The first-order chi connectivity index (χ1) is 6.09. The molecule has 3 nitrogen and oxygen atoms in total. The Labute approximate surface area is 72.0 Å². The highest BCUT2D eigenvalue weighted by molar-refractivity contribution is 5.75. The average molecular weight is 167 g/mol. The number of hydrogen-bond donors (Lipinski definition) is 1. The molecule has 0 radical (unpaired) electrons. The van der Waals surface area contributed by atoms with Crippen LogP contribution in [0.1, 0.15) is 13.0 Å². The first kappa shape index (κ1) is 7.31. The molecule has 0 saturated heterocycles. The Kier molecular flexibility index (Phi) is 2.36. The van der Waals surface area contributed by atoms with Crippen LogP contribution in [0.2, 0.25) is 0 Å². The van der Waals surface area contributed by atoms with E-state index in [9.17, 15) is 9.90 Å². The molecule has 0 unspecified atom stereocenters. The van der Waals surface area contributed by atoms with Crippen molar-refractivity contribution in [2.45, 2.75) is 6.08 Å². The zero-order chi connectivity index (χ0) is 9.90. The smallest absolute Gasteiger partial charge is 0.339 e. The summed E-state index contributed by atoms with van der Waals surface area (Å²) >= 11 is 0. The van der Waals surface area contributed by atoms with Crippen molar-refractivity contribution in [3.8, 4) is 0 Å². The Morgan fingerprint density at radius 3 is 2.67 bits per heavy atom. The van der Waals surface area contributed by atoms with E-state index >= 15 is 0 Å². The molecule has 0 aromatic heterocycles. The summed E-state index contributed by atoms with van der Waals surface area (Å²) in [4.78, 5) is 11.0. The van der Waals surface area contributed by atoms with Gasteiger partial charge in [-0.15, -0.1) is 0 Å². The Bertz CT molecular complexity index is 295. The maximum atomic E-state index is 11.0. The molecule has 0 amide bonds. The minimum absolute atomic E-state index is 0.196. The number of aliphatic hydroxyl groups is 1. The summed E-state index contributed by atoms with van der Waals surface area (Å²) in [6, 6.07) is 7.99. The molecule has 0 fully saturated rings. The summed E-state index contributed by atoms with van der Waals surface area (Å²) in [5, 5.41) is 9.45. The van der Waals surface area contributed by atoms with Crippen molar-refractivity contribution in [3.05, 3.63) is 35.9 Å². The molecule has 0 saturated carbocycles. The lowest BCUT2D eigenvalue weighted by Crippen LogP contribution is -2.13. The van der Waals surface area contributed by atoms with Crippen molar-refractivity contribution < 1.29 is 16.0 Å². The van der Waals surface area contributed by atoms with Crippen molar-refractivity contribution in [2.24, 2.45) is 0 Å². The SMILES string of the molecule is [2H][C@](O)(C(=O)OC)c1ccccc1. The van der Waals surface area contributed by atoms with E-state index in [1.165, 1.54) is 12.1 Å². The van der Waals surface area contributed by atoms with E-state index in [4.69, 9.17) is 1.37 Å². The van der Waals surface area contributed by atoms with E-state index in [0.29, 0.717) is 0 Å². The molecule has 12 heavy (non-hydrogen) atoms. The molecule has 1 aromatic rings. The topological polar surface area (TPSA) is 46.5 Å². The van der Waals surface area contributed by atoms with Gasteiger partial charge in [0.15, 0.2) is 6.08 Å². The third kappa shape index (κ3) is 1.83. The second-order valence-electron chi connectivity index (χ2n) is 2.21. The molecule has 1 N–H and O–H groups in total. The molecule has 0 bridgehead atoms. The predicted octanol–water partition coefficient (Wildman–Crippen LogP) is 0.893. The van der Waals surface area contributed by atoms with Gasteiger partial charge < -0.3 is 9.84 Å². The molecule has 1 aromatic carbocycles. The van der Waals surface area contributed by atoms with Gasteiger partial charge in [-0.05, 0) is 5.56 Å². The van der Waals surface area contributed by atoms with Crippen molar-refractivity contribution >= 4 is 5.97 Å². The molecule has 0 spiro atoms. The van der Waals surface area contributed by atoms with Crippen LogP contribution in [0, 0.1) is 0 Å². The van der Waals surface area contributed by atoms with Crippen LogP contribution in [-0.2, 0) is 9.53 Å². The summed E-state index contributed by atoms with van der Waals surface area (Å²) in [5.41, 5.74) is 0.196. The van der Waals surface area contributed by atoms with Gasteiger partial charge in [0.05, 0.1) is 8.48 Å². The second kappa shape index (κ2) is 3.88. The Balaban J connectivity index is 3.00. The maximum absolute atomic E-state index is 11.0. The third-order valence-electron chi connectivity index (χ3n) is 1.43. The standard InChI is InChI=1S/C9H10O3/c1-12-9(11)8(10)7-5-3-2-4-6-7/h2-6,8,10H,1H3/t8-/m1/s1/i8D. The van der Waals surface area contributed by atoms with Crippen LogP contribution >= 0.6 is 0 Å². The van der Waals surface area contributed by atoms with Crippen molar-refractivity contribution in [2.75, 3.05) is 7.11 Å². The van der Waals surface area contributed by atoms with Gasteiger partial charge >= 0.3 is 5.97 Å². The molecular weight excluding hydrogens is 156 g/mol. The molecule has 0 aliphatic rings. The molecule has 0 aliphatic heterocycles. The number of rotatable bonds is 2. The first-order valence-electron chi connectivity index (χ1n) is 3.95. The van der Waals surface area contributed by atoms with Crippen molar-refractivity contribution in [1.29, 1.82) is 0 Å². The van der Waals surface area contributed by atoms with E-state index in [1.54, 1.807) is 18.2 Å². The Morgan fingerprint density at radius 2 is 2.17 bits per heavy atom. The fraction of sp³-hybridized carbons (Fsp3) is 0.222. The number of carbonyl (C=O) groups is 1. The fourth-order valence-electron chi connectivity index (χ4n) is 0.811. The molecule has 1 atom stereocenters. The molecule has 3 heteroatoms. The Hall–Kier alpha value is -1.35. The number of benzene rings is 1. The lowest BCUT2D eigenvalue weighted by Gasteiger charge is -2.07. The maximum Gasteiger partial charge on any atom is 0.339 e. The largest absolute Gasteiger partial charge is 0.467 e. The van der Waals surface area contributed by atoms with Gasteiger partial charge in [0, 0.05) is 0 Å². The predicted molar refractivity (Wildman–Crippen MR) is 43.4 cm³/mol. The normalized spacial score (nSPS) is 16.0. The summed E-state index contributed by atoms with van der Waals surface area (Å²) in [6.07, 6.45) is -2.31. The van der Waals surface area contributed by atoms with Crippen LogP contribution in [-0.4, -0.2) is 18.2 Å². The average Bonchev–Trinajstić information content (AvgIpc) is 2.18. The lowest BCUT2D eigenvalue weighted by atomic mass is 10.1. The van der Waals surface area contributed by atoms with Crippen LogP contribution in [0.25, 0.3) is 0 Å². The quantitative estimate of drug-likeness (QED) is 0.665. The molecule has 0 aliphatic carbocycles. The lowest BCUT2D eigenvalue weighted by molar-refractivity contribution is -0.150. The number of hydrogen-bond acceptors (Lipinski definition) is 3. The van der Waals surface area contributed by atoms with Gasteiger partial charge in [-0.25, -0.2) is 4.79 Å². The molecule has 1 rings (SSSR count). The number of carbonyl (C=O) groups excluding carboxylic acids is 1. The van der Waals surface area contributed by atoms with Crippen LogP contribution in [0.5, 0.6) is 0 Å². The number of esters is 1. The van der Waals surface area contributed by atoms with Crippen LogP contribution in [0.4, 0.5) is 0 Å². The van der Waals surface area contributed by atoms with Crippen molar-refractivity contribution in [3.63, 3.8) is 0 Å². The van der Waals surface area contributed by atoms with Gasteiger partial charge in [-0.1, -0.05) is 30.3 Å². The zero-order valence-electron chi connectivity index (χ0n) is 7.65. The number of methoxy groups -OCH3 is 1. The second-order valence-corrected chi connectivity index (χ2v) is 2.21. The van der Waals surface area contributed by atoms with Crippen LogP contribution in [0.3, 0.4) is 0 Å². The van der Waals surface area contributed by atoms with Crippen molar-refractivity contribution in [1.82, 2.24) is 0 Å². The van der Waals surface area contributed by atoms with E-state index in [-0.39, 0.29) is 5.56 Å². The minimum Gasteiger partial charge on any atom is -0.467 e. The summed E-state index contributed by atoms with van der Waals surface area (Å²) in [7, 11) is 1.13. The van der Waals surface area contributed by atoms with Crippen LogP contribution in [0.15, 0.2) is 30.3 Å². The summed E-state index contributed by atoms with van der Waals surface area (Å²) in [6.45, 7) is 0. The first-order valence-corrected chi connectivity index (χ1v) is 3.45. The van der Waals surface area contributed by atoms with E-state index in [2.05, 4.69) is 4.74 Å². The minimum atomic E-state index is -2.31. The molecular formula is C9H10O3. The highest BCUT2D eigenvalue weighted by atomic mass is 16.5. The highest BCUT2D eigenvalue weighted by Crippen LogP contribution is 2.12. The summed E-state index contributed by atoms with van der Waals surface area (Å²) < 4.78 is 11.6. The van der Waals surface area contributed by atoms with Gasteiger partial charge in [-0.2, -0.15) is 0 Å². The monoisotopic (exact) mass is 167 g/mol. The van der Waals surface area contributed by atoms with Gasteiger partial charge in [-0.3, -0.25) is 0 Å².